The second kappa shape index (κ2) is 7.05. The minimum absolute atomic E-state index is 0.129. The molecule has 6 heteroatoms. The molecule has 0 aliphatic rings. The van der Waals surface area contributed by atoms with Crippen LogP contribution in [0.15, 0.2) is 27.1 Å². The van der Waals surface area contributed by atoms with Crippen LogP contribution in [0, 0.1) is 5.92 Å². The molecule has 2 N–H and O–H groups in total. The van der Waals surface area contributed by atoms with Crippen molar-refractivity contribution in [2.45, 2.75) is 26.3 Å². The van der Waals surface area contributed by atoms with Crippen LogP contribution < -0.4 is 5.32 Å². The summed E-state index contributed by atoms with van der Waals surface area (Å²) in [5.41, 5.74) is 0.415. The number of nitrogens with one attached hydrogen (secondary N) is 1. The Hall–Kier alpha value is -0.880. The zero-order valence-electron chi connectivity index (χ0n) is 10.6. The molecule has 1 aromatic carbocycles. The summed E-state index contributed by atoms with van der Waals surface area (Å²) < 4.78 is 1.46. The number of hydrogen-bond acceptors (Lipinski definition) is 2. The molecule has 4 nitrogen and oxygen atoms in total. The van der Waals surface area contributed by atoms with Crippen molar-refractivity contribution in [2.75, 3.05) is 0 Å². The van der Waals surface area contributed by atoms with Gasteiger partial charge in [-0.2, -0.15) is 0 Å². The number of carboxylic acids is 1. The number of carboxylic acid groups (broad SMARTS) is 1. The van der Waals surface area contributed by atoms with Gasteiger partial charge in [-0.1, -0.05) is 36.2 Å². The molecule has 1 aromatic rings. The van der Waals surface area contributed by atoms with Gasteiger partial charge in [0, 0.05) is 8.95 Å². The largest absolute Gasteiger partial charge is 0.480 e. The van der Waals surface area contributed by atoms with Crippen molar-refractivity contribution in [1.82, 2.24) is 5.32 Å². The van der Waals surface area contributed by atoms with E-state index in [-0.39, 0.29) is 5.92 Å². The third-order valence-corrected chi connectivity index (χ3v) is 4.09. The third-order valence-electron chi connectivity index (χ3n) is 2.94. The molecule has 1 rings (SSSR count). The second-order valence-corrected chi connectivity index (χ2v) is 6.07. The van der Waals surface area contributed by atoms with Crippen molar-refractivity contribution < 1.29 is 14.7 Å². The van der Waals surface area contributed by atoms with Crippen LogP contribution >= 0.6 is 31.9 Å². The van der Waals surface area contributed by atoms with Gasteiger partial charge in [0.05, 0.1) is 5.56 Å². The number of benzene rings is 1. The maximum atomic E-state index is 12.1. The third kappa shape index (κ3) is 4.31. The molecular weight excluding hydrogens is 378 g/mol. The molecule has 104 valence electrons. The van der Waals surface area contributed by atoms with Gasteiger partial charge in [-0.15, -0.1) is 0 Å². The van der Waals surface area contributed by atoms with E-state index in [4.69, 9.17) is 5.11 Å². The lowest BCUT2D eigenvalue weighted by molar-refractivity contribution is -0.140. The first-order valence-electron chi connectivity index (χ1n) is 5.85. The van der Waals surface area contributed by atoms with Gasteiger partial charge in [0.25, 0.3) is 5.91 Å². The van der Waals surface area contributed by atoms with Gasteiger partial charge in [0.15, 0.2) is 0 Å². The van der Waals surface area contributed by atoms with E-state index in [0.717, 1.165) is 4.47 Å². The maximum absolute atomic E-state index is 12.1. The monoisotopic (exact) mass is 391 g/mol. The SMILES string of the molecule is CCC(C)[C@H](NC(=O)c1ccc(Br)cc1Br)C(=O)O. The summed E-state index contributed by atoms with van der Waals surface area (Å²) in [4.78, 5) is 23.3. The Labute approximate surface area is 128 Å². The summed E-state index contributed by atoms with van der Waals surface area (Å²) in [6.45, 7) is 3.69. The average molecular weight is 393 g/mol. The minimum Gasteiger partial charge on any atom is -0.480 e. The van der Waals surface area contributed by atoms with Crippen molar-refractivity contribution in [1.29, 1.82) is 0 Å². The lowest BCUT2D eigenvalue weighted by atomic mass is 9.99. The van der Waals surface area contributed by atoms with Crippen molar-refractivity contribution in [3.8, 4) is 0 Å². The number of rotatable bonds is 5. The molecule has 0 aliphatic heterocycles. The van der Waals surface area contributed by atoms with E-state index in [0.29, 0.717) is 16.5 Å². The van der Waals surface area contributed by atoms with Crippen molar-refractivity contribution in [3.05, 3.63) is 32.7 Å². The zero-order chi connectivity index (χ0) is 14.6. The summed E-state index contributed by atoms with van der Waals surface area (Å²) in [5, 5.41) is 11.7. The molecule has 2 atom stereocenters. The standard InChI is InChI=1S/C13H15Br2NO3/c1-3-7(2)11(13(18)19)16-12(17)9-5-4-8(14)6-10(9)15/h4-7,11H,3H2,1-2H3,(H,16,17)(H,18,19)/t7?,11-/m0/s1. The van der Waals surface area contributed by atoms with E-state index in [1.54, 1.807) is 25.1 Å². The van der Waals surface area contributed by atoms with Crippen LogP contribution in [0.4, 0.5) is 0 Å². The smallest absolute Gasteiger partial charge is 0.326 e. The normalized spacial score (nSPS) is 13.7. The first-order valence-corrected chi connectivity index (χ1v) is 7.44. The molecule has 0 heterocycles. The molecule has 1 unspecified atom stereocenters. The Balaban J connectivity index is 2.91. The van der Waals surface area contributed by atoms with Gasteiger partial charge in [-0.05, 0) is 40.0 Å². The lowest BCUT2D eigenvalue weighted by Gasteiger charge is -2.20. The summed E-state index contributed by atoms with van der Waals surface area (Å²) in [5.74, 6) is -1.54. The van der Waals surface area contributed by atoms with E-state index < -0.39 is 17.9 Å². The predicted molar refractivity (Wildman–Crippen MR) is 80.2 cm³/mol. The average Bonchev–Trinajstić information content (AvgIpc) is 2.34. The van der Waals surface area contributed by atoms with E-state index in [1.165, 1.54) is 0 Å². The number of carbonyl (C=O) groups excluding carboxylic acids is 1. The Bertz CT molecular complexity index is 491. The number of hydrogen-bond donors (Lipinski definition) is 2. The molecule has 0 aromatic heterocycles. The first kappa shape index (κ1) is 16.2. The fourth-order valence-corrected chi connectivity index (χ4v) is 2.80. The maximum Gasteiger partial charge on any atom is 0.326 e. The van der Waals surface area contributed by atoms with Crippen LogP contribution in [-0.2, 0) is 4.79 Å². The van der Waals surface area contributed by atoms with E-state index in [2.05, 4.69) is 37.2 Å². The minimum atomic E-state index is -1.02. The van der Waals surface area contributed by atoms with Gasteiger partial charge >= 0.3 is 5.97 Å². The zero-order valence-corrected chi connectivity index (χ0v) is 13.8. The fraction of sp³-hybridized carbons (Fsp3) is 0.385. The van der Waals surface area contributed by atoms with Gasteiger partial charge < -0.3 is 10.4 Å². The van der Waals surface area contributed by atoms with Crippen LogP contribution in [0.5, 0.6) is 0 Å². The molecule has 0 radical (unpaired) electrons. The molecule has 0 fully saturated rings. The van der Waals surface area contributed by atoms with Gasteiger partial charge in [-0.25, -0.2) is 4.79 Å². The fourth-order valence-electron chi connectivity index (χ4n) is 1.58. The second-order valence-electron chi connectivity index (χ2n) is 4.30. The first-order chi connectivity index (χ1) is 8.86. The summed E-state index contributed by atoms with van der Waals surface area (Å²) in [6, 6.07) is 4.24. The van der Waals surface area contributed by atoms with Crippen LogP contribution in [0.3, 0.4) is 0 Å². The van der Waals surface area contributed by atoms with Crippen LogP contribution in [0.2, 0.25) is 0 Å². The lowest BCUT2D eigenvalue weighted by Crippen LogP contribution is -2.45. The summed E-state index contributed by atoms with van der Waals surface area (Å²) in [7, 11) is 0. The van der Waals surface area contributed by atoms with Crippen molar-refractivity contribution in [2.24, 2.45) is 5.92 Å². The molecule has 0 saturated heterocycles. The molecule has 0 saturated carbocycles. The Morgan fingerprint density at radius 2 is 2.00 bits per heavy atom. The van der Waals surface area contributed by atoms with Crippen molar-refractivity contribution in [3.63, 3.8) is 0 Å². The Morgan fingerprint density at radius 1 is 1.37 bits per heavy atom. The molecular formula is C13H15Br2NO3. The predicted octanol–water partition coefficient (Wildman–Crippen LogP) is 3.44. The molecule has 19 heavy (non-hydrogen) atoms. The van der Waals surface area contributed by atoms with E-state index >= 15 is 0 Å². The van der Waals surface area contributed by atoms with Gasteiger partial charge in [0.2, 0.25) is 0 Å². The number of amides is 1. The topological polar surface area (TPSA) is 66.4 Å². The summed E-state index contributed by atoms with van der Waals surface area (Å²) >= 11 is 6.59. The molecule has 1 amide bonds. The quantitative estimate of drug-likeness (QED) is 0.806. The van der Waals surface area contributed by atoms with Crippen LogP contribution in [0.1, 0.15) is 30.6 Å². The van der Waals surface area contributed by atoms with Crippen LogP contribution in [0.25, 0.3) is 0 Å². The van der Waals surface area contributed by atoms with Crippen molar-refractivity contribution >= 4 is 43.7 Å². The number of aliphatic carboxylic acids is 1. The highest BCUT2D eigenvalue weighted by atomic mass is 79.9. The molecule has 0 bridgehead atoms. The summed E-state index contributed by atoms with van der Waals surface area (Å²) in [6.07, 6.45) is 0.679. The van der Waals surface area contributed by atoms with E-state index in [1.807, 2.05) is 6.92 Å². The van der Waals surface area contributed by atoms with E-state index in [9.17, 15) is 9.59 Å². The van der Waals surface area contributed by atoms with Crippen LogP contribution in [-0.4, -0.2) is 23.0 Å². The molecule has 0 aliphatic carbocycles. The van der Waals surface area contributed by atoms with Gasteiger partial charge in [-0.3, -0.25) is 4.79 Å². The molecule has 0 spiro atoms. The Kier molecular flexibility index (Phi) is 6.00. The Morgan fingerprint density at radius 3 is 2.47 bits per heavy atom. The number of carbonyl (C=O) groups is 2. The highest BCUT2D eigenvalue weighted by Gasteiger charge is 2.26. The highest BCUT2D eigenvalue weighted by molar-refractivity contribution is 9.11. The van der Waals surface area contributed by atoms with Gasteiger partial charge in [0.1, 0.15) is 6.04 Å². The number of halogens is 2. The highest BCUT2D eigenvalue weighted by Crippen LogP contribution is 2.22.